The van der Waals surface area contributed by atoms with Crippen molar-refractivity contribution in [1.29, 1.82) is 0 Å². The Morgan fingerprint density at radius 3 is 2.84 bits per heavy atom. The number of methoxy groups -OCH3 is 1. The van der Waals surface area contributed by atoms with Gasteiger partial charge in [-0.05, 0) is 22.0 Å². The van der Waals surface area contributed by atoms with Crippen LogP contribution in [0, 0.1) is 0 Å². The number of thiocarbonyl (C=S) groups is 1. The van der Waals surface area contributed by atoms with E-state index in [1.54, 1.807) is 24.3 Å². The Morgan fingerprint density at radius 1 is 1.53 bits per heavy atom. The van der Waals surface area contributed by atoms with Gasteiger partial charge in [-0.15, -0.1) is 0 Å². The van der Waals surface area contributed by atoms with Gasteiger partial charge in [0.25, 0.3) is 5.91 Å². The van der Waals surface area contributed by atoms with Gasteiger partial charge in [0.05, 0.1) is 17.2 Å². The van der Waals surface area contributed by atoms with Gasteiger partial charge >= 0.3 is 0 Å². The van der Waals surface area contributed by atoms with E-state index in [4.69, 9.17) is 22.7 Å². The van der Waals surface area contributed by atoms with E-state index in [-0.39, 0.29) is 5.91 Å². The minimum Gasteiger partial charge on any atom is -0.393 e. The minimum absolute atomic E-state index is 0.109. The number of nitrogens with two attached hydrogens (primary N) is 1. The molecule has 0 saturated heterocycles. The molecule has 0 aliphatic heterocycles. The van der Waals surface area contributed by atoms with Crippen LogP contribution in [0.5, 0.6) is 0 Å². The van der Waals surface area contributed by atoms with Crippen LogP contribution in [0.3, 0.4) is 0 Å². The van der Waals surface area contributed by atoms with E-state index in [9.17, 15) is 4.79 Å². The molecule has 1 aromatic heterocycles. The molecule has 1 amide bonds. The zero-order chi connectivity index (χ0) is 14.3. The van der Waals surface area contributed by atoms with Crippen molar-refractivity contribution in [1.82, 2.24) is 9.88 Å². The number of carbonyl (C=O) groups is 1. The first-order valence-corrected chi connectivity index (χ1v) is 6.91. The lowest BCUT2D eigenvalue weighted by Gasteiger charge is -2.22. The fraction of sp³-hybridized carbons (Fsp3) is 0.417. The largest absolute Gasteiger partial charge is 0.393 e. The van der Waals surface area contributed by atoms with Gasteiger partial charge in [-0.2, -0.15) is 0 Å². The molecule has 0 aliphatic carbocycles. The van der Waals surface area contributed by atoms with Crippen LogP contribution in [-0.4, -0.2) is 47.6 Å². The summed E-state index contributed by atoms with van der Waals surface area (Å²) in [4.78, 5) is 18.4. The molecule has 1 aromatic rings. The quantitative estimate of drug-likeness (QED) is 0.760. The highest BCUT2D eigenvalue weighted by molar-refractivity contribution is 9.10. The van der Waals surface area contributed by atoms with Crippen molar-refractivity contribution >= 4 is 39.0 Å². The summed E-state index contributed by atoms with van der Waals surface area (Å²) in [5.74, 6) is -0.109. The van der Waals surface area contributed by atoms with Gasteiger partial charge in [0, 0.05) is 43.5 Å². The summed E-state index contributed by atoms with van der Waals surface area (Å²) in [6.45, 7) is 1.43. The Balaban J connectivity index is 2.77. The number of ether oxygens (including phenoxy) is 1. The second-order valence-electron chi connectivity index (χ2n) is 3.89. The maximum atomic E-state index is 12.3. The number of rotatable bonds is 7. The lowest BCUT2D eigenvalue weighted by atomic mass is 10.2. The molecular weight excluding hydrogens is 330 g/mol. The molecule has 0 saturated carbocycles. The maximum absolute atomic E-state index is 12.3. The molecule has 2 N–H and O–H groups in total. The van der Waals surface area contributed by atoms with Gasteiger partial charge in [-0.1, -0.05) is 12.2 Å². The average Bonchev–Trinajstić information content (AvgIpc) is 2.38. The van der Waals surface area contributed by atoms with Crippen LogP contribution >= 0.6 is 28.1 Å². The van der Waals surface area contributed by atoms with Crippen LogP contribution in [0.1, 0.15) is 16.8 Å². The average molecular weight is 346 g/mol. The number of carbonyl (C=O) groups excluding carboxylic acids is 1. The molecule has 0 aromatic carbocycles. The van der Waals surface area contributed by atoms with Crippen molar-refractivity contribution in [2.24, 2.45) is 5.73 Å². The summed E-state index contributed by atoms with van der Waals surface area (Å²) in [5.41, 5.74) is 6.00. The van der Waals surface area contributed by atoms with E-state index in [0.717, 1.165) is 4.47 Å². The molecule has 1 heterocycles. The van der Waals surface area contributed by atoms with Crippen molar-refractivity contribution in [2.45, 2.75) is 6.42 Å². The standard InChI is InChI=1S/C12H16BrN3O2S/c1-18-5-4-16(3-2-11(14)19)12(17)9-6-10(13)8-15-7-9/h6-8H,2-5H2,1H3,(H2,14,19). The minimum atomic E-state index is -0.109. The van der Waals surface area contributed by atoms with E-state index in [0.29, 0.717) is 36.7 Å². The number of nitrogens with zero attached hydrogens (tertiary/aromatic N) is 2. The number of halogens is 1. The van der Waals surface area contributed by atoms with Gasteiger partial charge in [0.1, 0.15) is 0 Å². The Kier molecular flexibility index (Phi) is 6.90. The second-order valence-corrected chi connectivity index (χ2v) is 5.33. The maximum Gasteiger partial charge on any atom is 0.255 e. The van der Waals surface area contributed by atoms with Gasteiger partial charge in [0.2, 0.25) is 0 Å². The van der Waals surface area contributed by atoms with E-state index >= 15 is 0 Å². The van der Waals surface area contributed by atoms with Gasteiger partial charge < -0.3 is 15.4 Å². The topological polar surface area (TPSA) is 68.5 Å². The molecule has 0 atom stereocenters. The normalized spacial score (nSPS) is 10.2. The number of hydrogen-bond acceptors (Lipinski definition) is 4. The molecule has 0 aliphatic rings. The summed E-state index contributed by atoms with van der Waals surface area (Å²) >= 11 is 8.13. The Morgan fingerprint density at radius 2 is 2.26 bits per heavy atom. The predicted octanol–water partition coefficient (Wildman–Crippen LogP) is 1.61. The summed E-state index contributed by atoms with van der Waals surface area (Å²) in [6, 6.07) is 1.73. The highest BCUT2D eigenvalue weighted by Gasteiger charge is 2.16. The highest BCUT2D eigenvalue weighted by Crippen LogP contribution is 2.12. The Bertz CT molecular complexity index is 456. The molecule has 7 heteroatoms. The van der Waals surface area contributed by atoms with E-state index in [1.165, 1.54) is 6.20 Å². The van der Waals surface area contributed by atoms with Crippen molar-refractivity contribution in [2.75, 3.05) is 26.8 Å². The SMILES string of the molecule is COCCN(CCC(N)=S)C(=O)c1cncc(Br)c1. The van der Waals surface area contributed by atoms with E-state index < -0.39 is 0 Å². The summed E-state index contributed by atoms with van der Waals surface area (Å²) in [6.07, 6.45) is 3.66. The molecule has 0 fully saturated rings. The second kappa shape index (κ2) is 8.19. The number of aromatic nitrogens is 1. The van der Waals surface area contributed by atoms with Gasteiger partial charge in [-0.25, -0.2) is 0 Å². The summed E-state index contributed by atoms with van der Waals surface area (Å²) < 4.78 is 5.77. The van der Waals surface area contributed by atoms with Crippen LogP contribution in [0.4, 0.5) is 0 Å². The molecule has 104 valence electrons. The first-order chi connectivity index (χ1) is 9.04. The number of amides is 1. The number of pyridine rings is 1. The van der Waals surface area contributed by atoms with Gasteiger partial charge in [0.15, 0.2) is 0 Å². The van der Waals surface area contributed by atoms with Crippen LogP contribution in [-0.2, 0) is 4.74 Å². The Labute approximate surface area is 126 Å². The van der Waals surface area contributed by atoms with E-state index in [1.807, 2.05) is 0 Å². The summed E-state index contributed by atoms with van der Waals surface area (Å²) in [5, 5.41) is 0. The van der Waals surface area contributed by atoms with Crippen molar-refractivity contribution in [3.05, 3.63) is 28.5 Å². The third-order valence-electron chi connectivity index (χ3n) is 2.43. The fourth-order valence-electron chi connectivity index (χ4n) is 1.47. The first-order valence-electron chi connectivity index (χ1n) is 5.71. The van der Waals surface area contributed by atoms with Crippen molar-refractivity contribution in [3.8, 4) is 0 Å². The molecule has 5 nitrogen and oxygen atoms in total. The smallest absolute Gasteiger partial charge is 0.255 e. The van der Waals surface area contributed by atoms with Crippen molar-refractivity contribution in [3.63, 3.8) is 0 Å². The van der Waals surface area contributed by atoms with Crippen molar-refractivity contribution < 1.29 is 9.53 Å². The van der Waals surface area contributed by atoms with Crippen LogP contribution in [0.2, 0.25) is 0 Å². The molecule has 0 bridgehead atoms. The predicted molar refractivity (Wildman–Crippen MR) is 81.1 cm³/mol. The lowest BCUT2D eigenvalue weighted by molar-refractivity contribution is 0.0701. The zero-order valence-electron chi connectivity index (χ0n) is 10.6. The fourth-order valence-corrected chi connectivity index (χ4v) is 1.93. The van der Waals surface area contributed by atoms with Crippen LogP contribution in [0.25, 0.3) is 0 Å². The molecule has 1 rings (SSSR count). The number of hydrogen-bond donors (Lipinski definition) is 1. The van der Waals surface area contributed by atoms with Crippen LogP contribution < -0.4 is 5.73 Å². The lowest BCUT2D eigenvalue weighted by Crippen LogP contribution is -2.36. The molecule has 19 heavy (non-hydrogen) atoms. The Hall–Kier alpha value is -1.05. The molecular formula is C12H16BrN3O2S. The van der Waals surface area contributed by atoms with E-state index in [2.05, 4.69) is 20.9 Å². The third-order valence-corrected chi connectivity index (χ3v) is 3.07. The monoisotopic (exact) mass is 345 g/mol. The molecule has 0 spiro atoms. The molecule has 0 radical (unpaired) electrons. The first kappa shape index (κ1) is 16.0. The zero-order valence-corrected chi connectivity index (χ0v) is 13.0. The third kappa shape index (κ3) is 5.63. The van der Waals surface area contributed by atoms with Gasteiger partial charge in [-0.3, -0.25) is 9.78 Å². The van der Waals surface area contributed by atoms with Crippen LogP contribution in [0.15, 0.2) is 22.9 Å². The molecule has 0 unspecified atom stereocenters. The summed E-state index contributed by atoms with van der Waals surface area (Å²) in [7, 11) is 1.59. The highest BCUT2D eigenvalue weighted by atomic mass is 79.9.